The van der Waals surface area contributed by atoms with Gasteiger partial charge in [0.2, 0.25) is 5.91 Å². The van der Waals surface area contributed by atoms with E-state index in [4.69, 9.17) is 5.26 Å². The van der Waals surface area contributed by atoms with Crippen LogP contribution >= 0.6 is 0 Å². The maximum absolute atomic E-state index is 14.2. The molecule has 0 aromatic heterocycles. The molecule has 0 bridgehead atoms. The number of carbonyl (C=O) groups is 1. The fourth-order valence-corrected chi connectivity index (χ4v) is 4.18. The molecule has 27 heavy (non-hydrogen) atoms. The maximum atomic E-state index is 14.2. The second kappa shape index (κ2) is 8.71. The van der Waals surface area contributed by atoms with Crippen molar-refractivity contribution in [2.45, 2.75) is 51.6 Å². The summed E-state index contributed by atoms with van der Waals surface area (Å²) < 4.78 is 14.2. The second-order valence-corrected chi connectivity index (χ2v) is 7.85. The van der Waals surface area contributed by atoms with E-state index < -0.39 is 0 Å². The van der Waals surface area contributed by atoms with Crippen molar-refractivity contribution in [3.05, 3.63) is 29.6 Å². The molecule has 1 heterocycles. The van der Waals surface area contributed by atoms with Crippen LogP contribution < -0.4 is 10.2 Å². The van der Waals surface area contributed by atoms with Crippen molar-refractivity contribution in [2.24, 2.45) is 5.92 Å². The molecule has 1 aliphatic carbocycles. The zero-order chi connectivity index (χ0) is 19.4. The Balaban J connectivity index is 1.53. The largest absolute Gasteiger partial charge is 0.367 e. The van der Waals surface area contributed by atoms with Crippen LogP contribution in [0.2, 0.25) is 0 Å². The van der Waals surface area contributed by atoms with E-state index >= 15 is 0 Å². The van der Waals surface area contributed by atoms with Gasteiger partial charge in [-0.05, 0) is 43.9 Å². The maximum Gasteiger partial charge on any atom is 0.237 e. The van der Waals surface area contributed by atoms with Crippen molar-refractivity contribution in [1.82, 2.24) is 10.2 Å². The molecule has 1 aliphatic heterocycles. The molecule has 1 saturated carbocycles. The standard InChI is InChI=1S/C21H29FN4O/c1-15-5-3-4-6-19(15)24-21(27)16(2)25-9-11-26(12-10-25)20-8-7-17(14-23)13-18(20)22/h7-8,13,15-16,19H,3-6,9-12H2,1-2H3,(H,24,27). The number of nitrogens with one attached hydrogen (secondary N) is 1. The lowest BCUT2D eigenvalue weighted by atomic mass is 9.86. The van der Waals surface area contributed by atoms with Gasteiger partial charge in [0.15, 0.2) is 0 Å². The summed E-state index contributed by atoms with van der Waals surface area (Å²) in [6.07, 6.45) is 4.72. The zero-order valence-corrected chi connectivity index (χ0v) is 16.2. The molecule has 0 spiro atoms. The van der Waals surface area contributed by atoms with Crippen molar-refractivity contribution >= 4 is 11.6 Å². The number of carbonyl (C=O) groups excluding carboxylic acids is 1. The Morgan fingerprint density at radius 3 is 2.59 bits per heavy atom. The Morgan fingerprint density at radius 1 is 1.26 bits per heavy atom. The highest BCUT2D eigenvalue weighted by atomic mass is 19.1. The highest BCUT2D eigenvalue weighted by molar-refractivity contribution is 5.81. The lowest BCUT2D eigenvalue weighted by Gasteiger charge is -2.39. The molecule has 2 aliphatic rings. The second-order valence-electron chi connectivity index (χ2n) is 7.85. The van der Waals surface area contributed by atoms with E-state index in [2.05, 4.69) is 17.1 Å². The molecule has 2 fully saturated rings. The van der Waals surface area contributed by atoms with Gasteiger partial charge in [0.25, 0.3) is 0 Å². The summed E-state index contributed by atoms with van der Waals surface area (Å²) in [5.41, 5.74) is 0.860. The third-order valence-corrected chi connectivity index (χ3v) is 6.10. The number of nitrogens with zero attached hydrogens (tertiary/aromatic N) is 3. The smallest absolute Gasteiger partial charge is 0.237 e. The Labute approximate surface area is 161 Å². The van der Waals surface area contributed by atoms with Crippen LogP contribution in [0.4, 0.5) is 10.1 Å². The number of piperazine rings is 1. The summed E-state index contributed by atoms with van der Waals surface area (Å²) in [6, 6.07) is 6.67. The Bertz CT molecular complexity index is 709. The Morgan fingerprint density at radius 2 is 1.96 bits per heavy atom. The molecule has 1 saturated heterocycles. The molecule has 1 aromatic carbocycles. The minimum Gasteiger partial charge on any atom is -0.367 e. The monoisotopic (exact) mass is 372 g/mol. The van der Waals surface area contributed by atoms with Gasteiger partial charge in [-0.3, -0.25) is 9.69 Å². The fraction of sp³-hybridized carbons (Fsp3) is 0.619. The van der Waals surface area contributed by atoms with E-state index in [1.165, 1.54) is 25.3 Å². The van der Waals surface area contributed by atoms with Crippen LogP contribution in [-0.4, -0.2) is 49.1 Å². The predicted octanol–water partition coefficient (Wildman–Crippen LogP) is 2.90. The van der Waals surface area contributed by atoms with Crippen LogP contribution in [0.25, 0.3) is 0 Å². The van der Waals surface area contributed by atoms with E-state index in [0.29, 0.717) is 49.4 Å². The SMILES string of the molecule is CC1CCCCC1NC(=O)C(C)N1CCN(c2ccc(C#N)cc2F)CC1. The molecular weight excluding hydrogens is 343 g/mol. The third kappa shape index (κ3) is 4.59. The first kappa shape index (κ1) is 19.6. The van der Waals surface area contributed by atoms with Crippen molar-refractivity contribution < 1.29 is 9.18 Å². The average Bonchev–Trinajstić information content (AvgIpc) is 2.69. The molecule has 3 unspecified atom stereocenters. The molecule has 3 atom stereocenters. The fourth-order valence-electron chi connectivity index (χ4n) is 4.18. The van der Waals surface area contributed by atoms with E-state index in [1.54, 1.807) is 12.1 Å². The molecule has 146 valence electrons. The number of rotatable bonds is 4. The molecular formula is C21H29FN4O. The first-order chi connectivity index (χ1) is 13.0. The summed E-state index contributed by atoms with van der Waals surface area (Å²) in [5, 5.41) is 12.1. The van der Waals surface area contributed by atoms with Crippen LogP contribution in [0.1, 0.15) is 45.1 Å². The summed E-state index contributed by atoms with van der Waals surface area (Å²) >= 11 is 0. The van der Waals surface area contributed by atoms with Gasteiger partial charge < -0.3 is 10.2 Å². The van der Waals surface area contributed by atoms with Gasteiger partial charge in [-0.25, -0.2) is 4.39 Å². The van der Waals surface area contributed by atoms with Gasteiger partial charge in [-0.15, -0.1) is 0 Å². The lowest BCUT2D eigenvalue weighted by molar-refractivity contribution is -0.127. The highest BCUT2D eigenvalue weighted by Gasteiger charge is 2.29. The average molecular weight is 372 g/mol. The van der Waals surface area contributed by atoms with Crippen LogP contribution in [0.5, 0.6) is 0 Å². The molecule has 0 radical (unpaired) electrons. The van der Waals surface area contributed by atoms with Crippen LogP contribution in [0.15, 0.2) is 18.2 Å². The molecule has 1 N–H and O–H groups in total. The number of benzene rings is 1. The van der Waals surface area contributed by atoms with E-state index in [0.717, 1.165) is 6.42 Å². The number of halogens is 1. The number of hydrogen-bond acceptors (Lipinski definition) is 4. The summed E-state index contributed by atoms with van der Waals surface area (Å²) in [5.74, 6) is 0.289. The minimum atomic E-state index is -0.362. The van der Waals surface area contributed by atoms with Gasteiger partial charge >= 0.3 is 0 Å². The highest BCUT2D eigenvalue weighted by Crippen LogP contribution is 2.25. The number of amides is 1. The number of nitriles is 1. The van der Waals surface area contributed by atoms with Crippen molar-refractivity contribution in [3.8, 4) is 6.07 Å². The molecule has 3 rings (SSSR count). The van der Waals surface area contributed by atoms with Crippen LogP contribution in [-0.2, 0) is 4.79 Å². The first-order valence-electron chi connectivity index (χ1n) is 9.98. The van der Waals surface area contributed by atoms with Crippen LogP contribution in [0.3, 0.4) is 0 Å². The Kier molecular flexibility index (Phi) is 6.33. The van der Waals surface area contributed by atoms with Crippen LogP contribution in [0, 0.1) is 23.1 Å². The van der Waals surface area contributed by atoms with Gasteiger partial charge in [0.05, 0.1) is 23.4 Å². The zero-order valence-electron chi connectivity index (χ0n) is 16.2. The van der Waals surface area contributed by atoms with Gasteiger partial charge in [-0.2, -0.15) is 5.26 Å². The van der Waals surface area contributed by atoms with Crippen molar-refractivity contribution in [1.29, 1.82) is 5.26 Å². The lowest BCUT2D eigenvalue weighted by Crippen LogP contribution is -2.56. The minimum absolute atomic E-state index is 0.103. The van der Waals surface area contributed by atoms with Gasteiger partial charge in [0, 0.05) is 32.2 Å². The summed E-state index contributed by atoms with van der Waals surface area (Å²) in [4.78, 5) is 16.8. The molecule has 6 heteroatoms. The summed E-state index contributed by atoms with van der Waals surface area (Å²) in [6.45, 7) is 6.95. The molecule has 1 aromatic rings. The normalized spacial score (nSPS) is 24.9. The summed E-state index contributed by atoms with van der Waals surface area (Å²) in [7, 11) is 0. The Hall–Kier alpha value is -2.13. The number of hydrogen-bond donors (Lipinski definition) is 1. The number of anilines is 1. The topological polar surface area (TPSA) is 59.4 Å². The third-order valence-electron chi connectivity index (χ3n) is 6.10. The molecule has 5 nitrogen and oxygen atoms in total. The van der Waals surface area contributed by atoms with Gasteiger partial charge in [-0.1, -0.05) is 19.8 Å². The van der Waals surface area contributed by atoms with E-state index in [9.17, 15) is 9.18 Å². The van der Waals surface area contributed by atoms with E-state index in [1.807, 2.05) is 17.9 Å². The quantitative estimate of drug-likeness (QED) is 0.883. The molecule has 1 amide bonds. The first-order valence-corrected chi connectivity index (χ1v) is 9.98. The van der Waals surface area contributed by atoms with Crippen molar-refractivity contribution in [2.75, 3.05) is 31.1 Å². The van der Waals surface area contributed by atoms with Gasteiger partial charge in [0.1, 0.15) is 5.82 Å². The van der Waals surface area contributed by atoms with Crippen molar-refractivity contribution in [3.63, 3.8) is 0 Å². The van der Waals surface area contributed by atoms with E-state index in [-0.39, 0.29) is 17.8 Å². The predicted molar refractivity (Wildman–Crippen MR) is 104 cm³/mol.